The van der Waals surface area contributed by atoms with Crippen molar-refractivity contribution in [3.05, 3.63) is 107 Å². The smallest absolute Gasteiger partial charge is 0.320 e. The predicted molar refractivity (Wildman–Crippen MR) is 129 cm³/mol. The lowest BCUT2D eigenvalue weighted by Crippen LogP contribution is -2.32. The van der Waals surface area contributed by atoms with Crippen molar-refractivity contribution < 1.29 is 23.9 Å². The summed E-state index contributed by atoms with van der Waals surface area (Å²) in [4.78, 5) is 39.0. The largest absolute Gasteiger partial charge is 0.465 e. The number of ketones is 1. The van der Waals surface area contributed by atoms with E-state index in [2.05, 4.69) is 0 Å². The molecule has 1 unspecified atom stereocenters. The van der Waals surface area contributed by atoms with Crippen molar-refractivity contribution in [2.75, 3.05) is 13.2 Å². The van der Waals surface area contributed by atoms with Gasteiger partial charge in [0.1, 0.15) is 0 Å². The topological polar surface area (TPSA) is 69.7 Å². The fourth-order valence-electron chi connectivity index (χ4n) is 4.89. The zero-order valence-electron chi connectivity index (χ0n) is 19.4. The van der Waals surface area contributed by atoms with E-state index in [1.54, 1.807) is 13.8 Å². The molecule has 34 heavy (non-hydrogen) atoms. The molecule has 3 aromatic rings. The fraction of sp³-hybridized carbons (Fsp3) is 0.276. The highest BCUT2D eigenvalue weighted by atomic mass is 16.6. The summed E-state index contributed by atoms with van der Waals surface area (Å²) < 4.78 is 10.5. The maximum atomic E-state index is 13.3. The molecule has 0 fully saturated rings. The molecule has 1 aliphatic carbocycles. The van der Waals surface area contributed by atoms with E-state index in [0.29, 0.717) is 11.1 Å². The lowest BCUT2D eigenvalue weighted by molar-refractivity contribution is -0.162. The Kier molecular flexibility index (Phi) is 7.21. The molecule has 0 aromatic heterocycles. The lowest BCUT2D eigenvalue weighted by Gasteiger charge is -2.35. The van der Waals surface area contributed by atoms with Crippen molar-refractivity contribution in [1.29, 1.82) is 0 Å². The second-order valence-electron chi connectivity index (χ2n) is 8.29. The van der Waals surface area contributed by atoms with Gasteiger partial charge in [-0.1, -0.05) is 78.9 Å². The molecule has 5 nitrogen and oxygen atoms in total. The number of hydrogen-bond acceptors (Lipinski definition) is 5. The Hall–Kier alpha value is -3.73. The third-order valence-electron chi connectivity index (χ3n) is 6.34. The van der Waals surface area contributed by atoms with E-state index in [1.165, 1.54) is 0 Å². The Morgan fingerprint density at radius 3 is 1.71 bits per heavy atom. The highest BCUT2D eigenvalue weighted by molar-refractivity contribution is 6.12. The summed E-state index contributed by atoms with van der Waals surface area (Å²) in [5, 5.41) is 0. The highest BCUT2D eigenvalue weighted by Gasteiger charge is 2.40. The molecule has 0 N–H and O–H groups in total. The van der Waals surface area contributed by atoms with Gasteiger partial charge < -0.3 is 9.47 Å². The van der Waals surface area contributed by atoms with E-state index in [-0.39, 0.29) is 37.3 Å². The van der Waals surface area contributed by atoms with Crippen molar-refractivity contribution in [1.82, 2.24) is 0 Å². The SMILES string of the molecule is CCOC(=O)C(CC(c1ccccc1)C1c2ccccc2C(=O)c2ccccc21)C(=O)OCC. The van der Waals surface area contributed by atoms with Gasteiger partial charge in [0.15, 0.2) is 11.7 Å². The predicted octanol–water partition coefficient (Wildman–Crippen LogP) is 5.28. The minimum atomic E-state index is -1.07. The van der Waals surface area contributed by atoms with Gasteiger partial charge in [-0.3, -0.25) is 14.4 Å². The van der Waals surface area contributed by atoms with Gasteiger partial charge in [-0.05, 0) is 42.9 Å². The van der Waals surface area contributed by atoms with Crippen molar-refractivity contribution in [2.24, 2.45) is 5.92 Å². The van der Waals surface area contributed by atoms with Gasteiger partial charge in [0.05, 0.1) is 13.2 Å². The van der Waals surface area contributed by atoms with Crippen LogP contribution in [0.3, 0.4) is 0 Å². The van der Waals surface area contributed by atoms with Crippen LogP contribution >= 0.6 is 0 Å². The van der Waals surface area contributed by atoms with Crippen LogP contribution in [0.5, 0.6) is 0 Å². The third kappa shape index (κ3) is 4.51. The van der Waals surface area contributed by atoms with Crippen LogP contribution in [0.2, 0.25) is 0 Å². The number of benzene rings is 3. The molecular weight excluding hydrogens is 428 g/mol. The summed E-state index contributed by atoms with van der Waals surface area (Å²) in [6.45, 7) is 3.78. The number of rotatable bonds is 8. The Labute approximate surface area is 199 Å². The minimum Gasteiger partial charge on any atom is -0.465 e. The van der Waals surface area contributed by atoms with E-state index < -0.39 is 17.9 Å². The van der Waals surface area contributed by atoms with Gasteiger partial charge in [0.25, 0.3) is 0 Å². The summed E-state index contributed by atoms with van der Waals surface area (Å²) in [6.07, 6.45) is 0.198. The fourth-order valence-corrected chi connectivity index (χ4v) is 4.89. The molecule has 0 saturated heterocycles. The van der Waals surface area contributed by atoms with Crippen molar-refractivity contribution >= 4 is 17.7 Å². The van der Waals surface area contributed by atoms with Gasteiger partial charge in [-0.2, -0.15) is 0 Å². The Morgan fingerprint density at radius 2 is 1.21 bits per heavy atom. The first-order valence-electron chi connectivity index (χ1n) is 11.7. The lowest BCUT2D eigenvalue weighted by atomic mass is 9.67. The van der Waals surface area contributed by atoms with Crippen LogP contribution in [0.15, 0.2) is 78.9 Å². The average Bonchev–Trinajstić information content (AvgIpc) is 2.87. The number of carbonyl (C=O) groups excluding carboxylic acids is 3. The van der Waals surface area contributed by atoms with Crippen LogP contribution in [0, 0.1) is 5.92 Å². The molecule has 4 rings (SSSR count). The van der Waals surface area contributed by atoms with Gasteiger partial charge in [0, 0.05) is 17.0 Å². The molecule has 0 amide bonds. The van der Waals surface area contributed by atoms with Gasteiger partial charge in [0.2, 0.25) is 0 Å². The van der Waals surface area contributed by atoms with Crippen LogP contribution in [-0.4, -0.2) is 30.9 Å². The Balaban J connectivity index is 1.87. The first-order valence-corrected chi connectivity index (χ1v) is 11.7. The molecule has 0 bridgehead atoms. The van der Waals surface area contributed by atoms with Crippen LogP contribution in [-0.2, 0) is 19.1 Å². The quantitative estimate of drug-likeness (QED) is 0.341. The van der Waals surface area contributed by atoms with Gasteiger partial charge in [-0.15, -0.1) is 0 Å². The van der Waals surface area contributed by atoms with Crippen LogP contribution < -0.4 is 0 Å². The van der Waals surface area contributed by atoms with E-state index >= 15 is 0 Å². The normalized spacial score (nSPS) is 13.7. The summed E-state index contributed by atoms with van der Waals surface area (Å²) in [6, 6.07) is 25.0. The third-order valence-corrected chi connectivity index (χ3v) is 6.34. The summed E-state index contributed by atoms with van der Waals surface area (Å²) in [7, 11) is 0. The van der Waals surface area contributed by atoms with Crippen LogP contribution in [0.4, 0.5) is 0 Å². The first kappa shape index (κ1) is 23.4. The van der Waals surface area contributed by atoms with Crippen molar-refractivity contribution in [3.8, 4) is 0 Å². The van der Waals surface area contributed by atoms with E-state index in [9.17, 15) is 14.4 Å². The van der Waals surface area contributed by atoms with Crippen LogP contribution in [0.1, 0.15) is 64.7 Å². The monoisotopic (exact) mass is 456 g/mol. The molecule has 174 valence electrons. The van der Waals surface area contributed by atoms with Crippen LogP contribution in [0.25, 0.3) is 0 Å². The number of carbonyl (C=O) groups is 3. The van der Waals surface area contributed by atoms with Gasteiger partial charge >= 0.3 is 11.9 Å². The maximum absolute atomic E-state index is 13.3. The molecule has 0 radical (unpaired) electrons. The van der Waals surface area contributed by atoms with E-state index in [4.69, 9.17) is 9.47 Å². The molecule has 5 heteroatoms. The average molecular weight is 457 g/mol. The van der Waals surface area contributed by atoms with Crippen molar-refractivity contribution in [2.45, 2.75) is 32.1 Å². The minimum absolute atomic E-state index is 0.0124. The molecule has 0 aliphatic heterocycles. The summed E-state index contributed by atoms with van der Waals surface area (Å²) in [5.74, 6) is -2.75. The number of fused-ring (bicyclic) bond motifs is 2. The van der Waals surface area contributed by atoms with E-state index in [1.807, 2.05) is 78.9 Å². The second kappa shape index (κ2) is 10.5. The highest BCUT2D eigenvalue weighted by Crippen LogP contribution is 2.47. The van der Waals surface area contributed by atoms with Crippen molar-refractivity contribution in [3.63, 3.8) is 0 Å². The molecule has 1 atom stereocenters. The molecule has 1 aliphatic rings. The maximum Gasteiger partial charge on any atom is 0.320 e. The van der Waals surface area contributed by atoms with E-state index in [0.717, 1.165) is 16.7 Å². The molecular formula is C29H28O5. The zero-order chi connectivity index (χ0) is 24.1. The number of esters is 2. The first-order chi connectivity index (χ1) is 16.6. The molecule has 0 saturated carbocycles. The Morgan fingerprint density at radius 1 is 0.735 bits per heavy atom. The summed E-state index contributed by atoms with van der Waals surface area (Å²) in [5.41, 5.74) is 4.06. The number of ether oxygens (including phenoxy) is 2. The molecule has 3 aromatic carbocycles. The summed E-state index contributed by atoms with van der Waals surface area (Å²) >= 11 is 0. The Bertz CT molecular complexity index is 1120. The standard InChI is InChI=1S/C29H28O5/c1-3-33-28(31)25(29(32)34-4-2)18-24(19-12-6-5-7-13-19)26-20-14-8-10-16-22(20)27(30)23-17-11-9-15-21(23)26/h5-17,24-26H,3-4,18H2,1-2H3. The molecule has 0 spiro atoms. The number of hydrogen-bond donors (Lipinski definition) is 0. The second-order valence-corrected chi connectivity index (χ2v) is 8.29. The zero-order valence-corrected chi connectivity index (χ0v) is 19.4. The van der Waals surface area contributed by atoms with Gasteiger partial charge in [-0.25, -0.2) is 0 Å². The molecule has 0 heterocycles.